The van der Waals surface area contributed by atoms with Gasteiger partial charge in [-0.1, -0.05) is 11.6 Å². The van der Waals surface area contributed by atoms with Crippen LogP contribution < -0.4 is 16.6 Å². The zero-order valence-corrected chi connectivity index (χ0v) is 13.5. The van der Waals surface area contributed by atoms with E-state index < -0.39 is 28.9 Å². The van der Waals surface area contributed by atoms with E-state index >= 15 is 0 Å². The number of aryl methyl sites for hydroxylation is 1. The van der Waals surface area contributed by atoms with Gasteiger partial charge >= 0.3 is 11.9 Å². The first-order chi connectivity index (χ1) is 11.6. The molecule has 2 N–H and O–H groups in total. The molecule has 0 aliphatic rings. The molecule has 0 saturated heterocycles. The van der Waals surface area contributed by atoms with E-state index in [2.05, 4.69) is 10.3 Å². The van der Waals surface area contributed by atoms with Gasteiger partial charge in [0, 0.05) is 18.0 Å². The fourth-order valence-corrected chi connectivity index (χ4v) is 2.11. The Hall–Kier alpha value is -2.62. The number of hydrogen-bond acceptors (Lipinski definition) is 4. The number of hydrogen-bond donors (Lipinski definition) is 2. The molecule has 0 aliphatic carbocycles. The Morgan fingerprint density at radius 3 is 2.68 bits per heavy atom. The molecule has 0 saturated carbocycles. The lowest BCUT2D eigenvalue weighted by atomic mass is 10.2. The minimum absolute atomic E-state index is 0.0491. The molecule has 0 aliphatic heterocycles. The lowest BCUT2D eigenvalue weighted by Crippen LogP contribution is -2.36. The number of carbonyl (C=O) groups is 1. The van der Waals surface area contributed by atoms with Gasteiger partial charge in [0.25, 0.3) is 5.56 Å². The summed E-state index contributed by atoms with van der Waals surface area (Å²) >= 11 is 5.73. The number of halogens is 4. The molecule has 2 heterocycles. The van der Waals surface area contributed by atoms with Gasteiger partial charge in [0.15, 0.2) is 0 Å². The van der Waals surface area contributed by atoms with Crippen LogP contribution in [0.4, 0.5) is 13.2 Å². The Labute approximate surface area is 143 Å². The van der Waals surface area contributed by atoms with Crippen molar-refractivity contribution in [3.63, 3.8) is 0 Å². The number of nitrogens with one attached hydrogen (secondary N) is 2. The van der Waals surface area contributed by atoms with Gasteiger partial charge in [0.2, 0.25) is 5.91 Å². The molecule has 0 radical (unpaired) electrons. The van der Waals surface area contributed by atoms with E-state index in [1.165, 1.54) is 13.1 Å². The first-order valence-corrected chi connectivity index (χ1v) is 7.24. The second-order valence-electron chi connectivity index (χ2n) is 5.13. The van der Waals surface area contributed by atoms with Crippen molar-refractivity contribution < 1.29 is 18.0 Å². The number of alkyl halides is 3. The van der Waals surface area contributed by atoms with Crippen molar-refractivity contribution >= 4 is 17.5 Å². The van der Waals surface area contributed by atoms with Crippen LogP contribution in [0.2, 0.25) is 5.02 Å². The van der Waals surface area contributed by atoms with Gasteiger partial charge < -0.3 is 5.32 Å². The highest BCUT2D eigenvalue weighted by Crippen LogP contribution is 2.30. The molecule has 0 bridgehead atoms. The molecule has 25 heavy (non-hydrogen) atoms. The number of H-pyrrole nitrogens is 1. The molecule has 0 spiro atoms. The third kappa shape index (κ3) is 4.69. The van der Waals surface area contributed by atoms with Crippen molar-refractivity contribution in [1.82, 2.24) is 19.9 Å². The van der Waals surface area contributed by atoms with E-state index in [0.717, 1.165) is 4.57 Å². The highest BCUT2D eigenvalue weighted by atomic mass is 35.5. The smallest absolute Gasteiger partial charge is 0.349 e. The summed E-state index contributed by atoms with van der Waals surface area (Å²) in [7, 11) is 0. The molecule has 0 aromatic carbocycles. The van der Waals surface area contributed by atoms with Gasteiger partial charge in [-0.2, -0.15) is 13.2 Å². The maximum absolute atomic E-state index is 12.5. The summed E-state index contributed by atoms with van der Waals surface area (Å²) in [4.78, 5) is 40.3. The molecular weight excluding hydrogens is 365 g/mol. The van der Waals surface area contributed by atoms with Gasteiger partial charge in [-0.15, -0.1) is 0 Å². The first kappa shape index (κ1) is 18.7. The van der Waals surface area contributed by atoms with Gasteiger partial charge in [-0.3, -0.25) is 24.1 Å². The fourth-order valence-electron chi connectivity index (χ4n) is 1.88. The van der Waals surface area contributed by atoms with Crippen LogP contribution in [0, 0.1) is 6.92 Å². The number of carbonyl (C=O) groups excluding carboxylic acids is 1. The fraction of sp³-hybridized carbons (Fsp3) is 0.286. The first-order valence-electron chi connectivity index (χ1n) is 6.86. The van der Waals surface area contributed by atoms with E-state index in [4.69, 9.17) is 11.6 Å². The summed E-state index contributed by atoms with van der Waals surface area (Å²) in [5.74, 6) is -0.605. The number of amides is 1. The summed E-state index contributed by atoms with van der Waals surface area (Å²) in [5.41, 5.74) is -2.01. The van der Waals surface area contributed by atoms with E-state index in [1.54, 1.807) is 0 Å². The quantitative estimate of drug-likeness (QED) is 0.838. The van der Waals surface area contributed by atoms with Crippen molar-refractivity contribution in [3.05, 3.63) is 61.1 Å². The Kier molecular flexibility index (Phi) is 5.31. The highest BCUT2D eigenvalue weighted by molar-refractivity contribution is 6.31. The van der Waals surface area contributed by atoms with E-state index in [-0.39, 0.29) is 29.4 Å². The molecule has 0 unspecified atom stereocenters. The summed E-state index contributed by atoms with van der Waals surface area (Å²) in [6.45, 7) is 0.875. The lowest BCUT2D eigenvalue weighted by molar-refractivity contribution is -0.137. The van der Waals surface area contributed by atoms with Gasteiger partial charge in [0.05, 0.1) is 22.8 Å². The third-order valence-corrected chi connectivity index (χ3v) is 3.53. The zero-order valence-electron chi connectivity index (χ0n) is 12.8. The summed E-state index contributed by atoms with van der Waals surface area (Å²) in [6.07, 6.45) is -2.73. The molecule has 134 valence electrons. The average molecular weight is 377 g/mol. The van der Waals surface area contributed by atoms with E-state index in [0.29, 0.717) is 12.3 Å². The highest BCUT2D eigenvalue weighted by Gasteiger charge is 2.31. The number of nitrogens with zero attached hydrogens (tertiary/aromatic N) is 2. The van der Waals surface area contributed by atoms with Gasteiger partial charge in [-0.05, 0) is 13.0 Å². The maximum atomic E-state index is 12.5. The van der Waals surface area contributed by atoms with Gasteiger partial charge in [0.1, 0.15) is 6.54 Å². The second kappa shape index (κ2) is 7.09. The van der Waals surface area contributed by atoms with Crippen molar-refractivity contribution in [1.29, 1.82) is 0 Å². The summed E-state index contributed by atoms with van der Waals surface area (Å²) in [6, 6.07) is 0.714. The summed E-state index contributed by atoms with van der Waals surface area (Å²) in [5, 5.41) is 2.15. The Bertz CT molecular complexity index is 921. The molecule has 7 nitrogen and oxygen atoms in total. The second-order valence-corrected chi connectivity index (χ2v) is 5.53. The molecule has 2 aromatic rings. The molecule has 1 amide bonds. The monoisotopic (exact) mass is 376 g/mol. The van der Waals surface area contributed by atoms with Crippen LogP contribution in [-0.4, -0.2) is 20.4 Å². The Morgan fingerprint density at radius 2 is 2.08 bits per heavy atom. The SMILES string of the molecule is Cc1cn(CC(=O)NCc2ncc(C(F)(F)F)cc2Cl)c(=O)[nH]c1=O. The molecule has 2 aromatic heterocycles. The van der Waals surface area contributed by atoms with Crippen LogP contribution >= 0.6 is 11.6 Å². The number of rotatable bonds is 4. The number of aromatic amines is 1. The van der Waals surface area contributed by atoms with Crippen LogP contribution in [-0.2, 0) is 24.1 Å². The minimum atomic E-state index is -4.57. The lowest BCUT2D eigenvalue weighted by Gasteiger charge is -2.10. The summed E-state index contributed by atoms with van der Waals surface area (Å²) < 4.78 is 38.6. The predicted octanol–water partition coefficient (Wildman–Crippen LogP) is 1.23. The largest absolute Gasteiger partial charge is 0.417 e. The standard InChI is InChI=1S/C14H12ClF3N4O3/c1-7-5-22(13(25)21-12(7)24)6-11(23)20-4-10-9(15)2-8(3-19-10)14(16,17)18/h2-3,5H,4,6H2,1H3,(H,20,23)(H,21,24,25). The van der Waals surface area contributed by atoms with Crippen molar-refractivity contribution in [2.24, 2.45) is 0 Å². The van der Waals surface area contributed by atoms with Crippen molar-refractivity contribution in [2.45, 2.75) is 26.2 Å². The molecule has 0 fully saturated rings. The number of pyridine rings is 1. The zero-order chi connectivity index (χ0) is 18.8. The Morgan fingerprint density at radius 1 is 1.40 bits per heavy atom. The maximum Gasteiger partial charge on any atom is 0.417 e. The van der Waals surface area contributed by atoms with Gasteiger partial charge in [-0.25, -0.2) is 4.79 Å². The van der Waals surface area contributed by atoms with Crippen LogP contribution in [0.5, 0.6) is 0 Å². The molecular formula is C14H12ClF3N4O3. The van der Waals surface area contributed by atoms with E-state index in [1.807, 2.05) is 4.98 Å². The third-order valence-electron chi connectivity index (χ3n) is 3.20. The molecule has 0 atom stereocenters. The van der Waals surface area contributed by atoms with Crippen molar-refractivity contribution in [3.8, 4) is 0 Å². The number of aromatic nitrogens is 3. The van der Waals surface area contributed by atoms with Crippen LogP contribution in [0.1, 0.15) is 16.8 Å². The average Bonchev–Trinajstić information content (AvgIpc) is 2.50. The van der Waals surface area contributed by atoms with Crippen LogP contribution in [0.25, 0.3) is 0 Å². The van der Waals surface area contributed by atoms with Crippen molar-refractivity contribution in [2.75, 3.05) is 0 Å². The predicted molar refractivity (Wildman–Crippen MR) is 82.2 cm³/mol. The minimum Gasteiger partial charge on any atom is -0.349 e. The molecule has 11 heteroatoms. The molecule has 2 rings (SSSR count). The normalized spacial score (nSPS) is 11.4. The van der Waals surface area contributed by atoms with E-state index in [9.17, 15) is 27.6 Å². The topological polar surface area (TPSA) is 96.8 Å². The van der Waals surface area contributed by atoms with Crippen LogP contribution in [0.15, 0.2) is 28.0 Å². The Balaban J connectivity index is 2.05. The van der Waals surface area contributed by atoms with Crippen LogP contribution in [0.3, 0.4) is 0 Å².